The predicted octanol–water partition coefficient (Wildman–Crippen LogP) is 3.00. The summed E-state index contributed by atoms with van der Waals surface area (Å²) in [5, 5.41) is 7.29. The van der Waals surface area contributed by atoms with Crippen LogP contribution in [0.25, 0.3) is 21.3 Å². The van der Waals surface area contributed by atoms with Crippen molar-refractivity contribution < 1.29 is 0 Å². The third kappa shape index (κ3) is 2.73. The molecule has 23 heavy (non-hydrogen) atoms. The number of nitrogens with two attached hydrogens (primary N) is 1. The molecule has 0 saturated carbocycles. The number of thiophene rings is 1. The second-order valence-corrected chi connectivity index (χ2v) is 6.77. The first-order chi connectivity index (χ1) is 11.2. The van der Waals surface area contributed by atoms with Gasteiger partial charge < -0.3 is 16.0 Å². The Balaban J connectivity index is 1.90. The average Bonchev–Trinajstić information content (AvgIpc) is 2.99. The Labute approximate surface area is 143 Å². The van der Waals surface area contributed by atoms with E-state index in [9.17, 15) is 0 Å². The number of halogens is 1. The fourth-order valence-corrected chi connectivity index (χ4v) is 3.96. The normalized spacial score (nSPS) is 15.3. The molecule has 0 spiro atoms. The lowest BCUT2D eigenvalue weighted by molar-refractivity contribution is 0.586. The highest BCUT2D eigenvalue weighted by Crippen LogP contribution is 2.39. The smallest absolute Gasteiger partial charge is 0.223 e. The molecule has 0 amide bonds. The van der Waals surface area contributed by atoms with Crippen LogP contribution in [0.15, 0.2) is 29.6 Å². The van der Waals surface area contributed by atoms with Gasteiger partial charge in [-0.25, -0.2) is 4.98 Å². The van der Waals surface area contributed by atoms with Gasteiger partial charge in [0, 0.05) is 42.1 Å². The van der Waals surface area contributed by atoms with Gasteiger partial charge >= 0.3 is 0 Å². The van der Waals surface area contributed by atoms with E-state index in [0.29, 0.717) is 5.95 Å². The predicted molar refractivity (Wildman–Crippen MR) is 97.4 cm³/mol. The monoisotopic (exact) mass is 345 g/mol. The Hall–Kier alpha value is -1.89. The number of rotatable bonds is 2. The van der Waals surface area contributed by atoms with E-state index in [0.717, 1.165) is 58.4 Å². The average molecular weight is 346 g/mol. The van der Waals surface area contributed by atoms with Gasteiger partial charge in [-0.05, 0) is 17.7 Å². The van der Waals surface area contributed by atoms with Gasteiger partial charge in [-0.2, -0.15) is 4.98 Å². The van der Waals surface area contributed by atoms with Crippen molar-refractivity contribution in [3.05, 3.63) is 34.7 Å². The van der Waals surface area contributed by atoms with Gasteiger partial charge in [-0.15, -0.1) is 11.3 Å². The third-order valence-electron chi connectivity index (χ3n) is 4.00. The number of anilines is 2. The van der Waals surface area contributed by atoms with Crippen molar-refractivity contribution >= 4 is 44.9 Å². The molecule has 0 bridgehead atoms. The minimum absolute atomic E-state index is 0.329. The van der Waals surface area contributed by atoms with Crippen molar-refractivity contribution in [2.24, 2.45) is 0 Å². The number of aromatic nitrogens is 2. The van der Waals surface area contributed by atoms with E-state index in [2.05, 4.69) is 25.6 Å². The van der Waals surface area contributed by atoms with E-state index >= 15 is 0 Å². The number of hydrogen-bond acceptors (Lipinski definition) is 6. The lowest BCUT2D eigenvalue weighted by atomic mass is 10.1. The molecule has 3 heterocycles. The van der Waals surface area contributed by atoms with Crippen LogP contribution in [-0.4, -0.2) is 36.1 Å². The highest BCUT2D eigenvalue weighted by atomic mass is 35.5. The molecule has 0 atom stereocenters. The molecule has 5 nitrogen and oxygen atoms in total. The molecule has 7 heteroatoms. The summed E-state index contributed by atoms with van der Waals surface area (Å²) in [5.74, 6) is 1.26. The number of piperazine rings is 1. The number of nitrogens with one attached hydrogen (secondary N) is 1. The molecule has 2 aromatic heterocycles. The topological polar surface area (TPSA) is 67.1 Å². The first-order valence-electron chi connectivity index (χ1n) is 7.49. The van der Waals surface area contributed by atoms with Crippen molar-refractivity contribution in [1.82, 2.24) is 15.3 Å². The van der Waals surface area contributed by atoms with E-state index < -0.39 is 0 Å². The lowest BCUT2D eigenvalue weighted by Crippen LogP contribution is -2.44. The standard InChI is InChI=1S/C16H16ClN5S/c17-11-3-1-10(2-4-11)12-9-23-15-13(12)14(20-16(18)21-15)22-7-5-19-6-8-22/h1-4,9,19H,5-8H2,(H2,18,20,21). The van der Waals surface area contributed by atoms with Crippen LogP contribution in [0.2, 0.25) is 5.02 Å². The Bertz CT molecular complexity index is 840. The van der Waals surface area contributed by atoms with Crippen LogP contribution in [0.3, 0.4) is 0 Å². The van der Waals surface area contributed by atoms with Gasteiger partial charge in [0.25, 0.3) is 0 Å². The second kappa shape index (κ2) is 5.96. The van der Waals surface area contributed by atoms with E-state index in [1.54, 1.807) is 11.3 Å². The minimum Gasteiger partial charge on any atom is -0.368 e. The number of benzene rings is 1. The first kappa shape index (κ1) is 14.7. The molecule has 1 aliphatic heterocycles. The summed E-state index contributed by atoms with van der Waals surface area (Å²) < 4.78 is 0. The highest BCUT2D eigenvalue weighted by molar-refractivity contribution is 7.17. The minimum atomic E-state index is 0.329. The van der Waals surface area contributed by atoms with Gasteiger partial charge in [0.15, 0.2) is 0 Å². The molecular formula is C16H16ClN5S. The zero-order valence-electron chi connectivity index (χ0n) is 12.4. The van der Waals surface area contributed by atoms with Crippen LogP contribution >= 0.6 is 22.9 Å². The highest BCUT2D eigenvalue weighted by Gasteiger charge is 2.20. The molecule has 3 N–H and O–H groups in total. The number of nitrogen functional groups attached to an aromatic ring is 1. The first-order valence-corrected chi connectivity index (χ1v) is 8.74. The number of fused-ring (bicyclic) bond motifs is 1. The van der Waals surface area contributed by atoms with Crippen LogP contribution < -0.4 is 16.0 Å². The molecule has 1 aromatic carbocycles. The summed E-state index contributed by atoms with van der Waals surface area (Å²) in [6.45, 7) is 3.74. The van der Waals surface area contributed by atoms with E-state index in [1.165, 1.54) is 0 Å². The summed E-state index contributed by atoms with van der Waals surface area (Å²) in [7, 11) is 0. The fraction of sp³-hybridized carbons (Fsp3) is 0.250. The number of hydrogen-bond donors (Lipinski definition) is 2. The van der Waals surface area contributed by atoms with E-state index in [1.807, 2.05) is 24.3 Å². The maximum atomic E-state index is 6.01. The summed E-state index contributed by atoms with van der Waals surface area (Å²) in [4.78, 5) is 12.2. The quantitative estimate of drug-likeness (QED) is 0.747. The zero-order valence-corrected chi connectivity index (χ0v) is 14.0. The maximum Gasteiger partial charge on any atom is 0.223 e. The largest absolute Gasteiger partial charge is 0.368 e. The summed E-state index contributed by atoms with van der Waals surface area (Å²) in [6.07, 6.45) is 0. The molecule has 0 unspecified atom stereocenters. The van der Waals surface area contributed by atoms with Crippen LogP contribution in [0.4, 0.5) is 11.8 Å². The number of nitrogens with zero attached hydrogens (tertiary/aromatic N) is 3. The summed E-state index contributed by atoms with van der Waals surface area (Å²) in [5.41, 5.74) is 8.17. The molecule has 1 aliphatic rings. The summed E-state index contributed by atoms with van der Waals surface area (Å²) >= 11 is 7.61. The van der Waals surface area contributed by atoms with Gasteiger partial charge in [-0.3, -0.25) is 0 Å². The third-order valence-corrected chi connectivity index (χ3v) is 5.13. The lowest BCUT2D eigenvalue weighted by Gasteiger charge is -2.29. The van der Waals surface area contributed by atoms with Crippen LogP contribution in [0.5, 0.6) is 0 Å². The molecule has 1 fully saturated rings. The Morgan fingerprint density at radius 3 is 2.61 bits per heavy atom. The molecule has 0 aliphatic carbocycles. The van der Waals surface area contributed by atoms with Gasteiger partial charge in [-0.1, -0.05) is 23.7 Å². The van der Waals surface area contributed by atoms with Gasteiger partial charge in [0.05, 0.1) is 5.39 Å². The van der Waals surface area contributed by atoms with Crippen LogP contribution in [0, 0.1) is 0 Å². The zero-order chi connectivity index (χ0) is 15.8. The van der Waals surface area contributed by atoms with Crippen LogP contribution in [0.1, 0.15) is 0 Å². The van der Waals surface area contributed by atoms with Gasteiger partial charge in [0.1, 0.15) is 10.6 Å². The Kier molecular flexibility index (Phi) is 3.80. The second-order valence-electron chi connectivity index (χ2n) is 5.48. The van der Waals surface area contributed by atoms with E-state index in [4.69, 9.17) is 17.3 Å². The van der Waals surface area contributed by atoms with Crippen molar-refractivity contribution in [2.75, 3.05) is 36.8 Å². The summed E-state index contributed by atoms with van der Waals surface area (Å²) in [6, 6.07) is 7.87. The van der Waals surface area contributed by atoms with Crippen LogP contribution in [-0.2, 0) is 0 Å². The molecular weight excluding hydrogens is 330 g/mol. The van der Waals surface area contributed by atoms with Crippen molar-refractivity contribution in [3.63, 3.8) is 0 Å². The SMILES string of the molecule is Nc1nc(N2CCNCC2)c2c(-c3ccc(Cl)cc3)csc2n1. The van der Waals surface area contributed by atoms with E-state index in [-0.39, 0.29) is 0 Å². The molecule has 4 rings (SSSR count). The molecule has 118 valence electrons. The van der Waals surface area contributed by atoms with Crippen molar-refractivity contribution in [2.45, 2.75) is 0 Å². The van der Waals surface area contributed by atoms with Crippen molar-refractivity contribution in [1.29, 1.82) is 0 Å². The Morgan fingerprint density at radius 2 is 1.87 bits per heavy atom. The molecule has 3 aromatic rings. The van der Waals surface area contributed by atoms with Crippen molar-refractivity contribution in [3.8, 4) is 11.1 Å². The molecule has 1 saturated heterocycles. The maximum absolute atomic E-state index is 6.01. The van der Waals surface area contributed by atoms with Gasteiger partial charge in [0.2, 0.25) is 5.95 Å². The molecule has 0 radical (unpaired) electrons. The fourth-order valence-electron chi connectivity index (χ4n) is 2.89. The Morgan fingerprint density at radius 1 is 1.13 bits per heavy atom.